The molecule has 2 fully saturated rings. The molecular formula is C15H15N3O3. The number of nitrogens with one attached hydrogen (secondary N) is 1. The fourth-order valence-corrected chi connectivity index (χ4v) is 2.55. The van der Waals surface area contributed by atoms with Gasteiger partial charge in [-0.3, -0.25) is 9.69 Å². The lowest BCUT2D eigenvalue weighted by atomic mass is 10.1. The zero-order valence-electron chi connectivity index (χ0n) is 11.4. The minimum Gasteiger partial charge on any atom is -0.442 e. The number of rotatable bonds is 5. The van der Waals surface area contributed by atoms with E-state index < -0.39 is 6.09 Å². The summed E-state index contributed by atoms with van der Waals surface area (Å²) in [5.74, 6) is 0. The van der Waals surface area contributed by atoms with Crippen molar-refractivity contribution in [3.05, 3.63) is 41.2 Å². The zero-order chi connectivity index (χ0) is 14.9. The molecule has 0 radical (unpaired) electrons. The first-order chi connectivity index (χ1) is 10.2. The molecule has 2 aliphatic rings. The Bertz CT molecular complexity index is 602. The van der Waals surface area contributed by atoms with Gasteiger partial charge in [0.2, 0.25) is 6.41 Å². The Labute approximate surface area is 122 Å². The molecule has 6 nitrogen and oxygen atoms in total. The van der Waals surface area contributed by atoms with Crippen LogP contribution < -0.4 is 10.2 Å². The Hall–Kier alpha value is -2.55. The van der Waals surface area contributed by atoms with Crippen LogP contribution in [0, 0.1) is 6.57 Å². The molecule has 1 aliphatic heterocycles. The second-order valence-electron chi connectivity index (χ2n) is 5.33. The maximum absolute atomic E-state index is 11.8. The number of carbonyl (C=O) groups excluding carboxylic acids is 2. The molecule has 1 atom stereocenters. The Morgan fingerprint density at radius 1 is 1.43 bits per heavy atom. The van der Waals surface area contributed by atoms with Crippen LogP contribution in [0.5, 0.6) is 0 Å². The maximum atomic E-state index is 11.8. The van der Waals surface area contributed by atoms with E-state index in [0.29, 0.717) is 19.5 Å². The average Bonchev–Trinajstić information content (AvgIpc) is 3.23. The third-order valence-electron chi connectivity index (χ3n) is 3.96. The Kier molecular flexibility index (Phi) is 3.26. The molecule has 1 heterocycles. The van der Waals surface area contributed by atoms with Crippen molar-refractivity contribution in [2.24, 2.45) is 0 Å². The SMILES string of the molecule is [C-]#[N+]C1(c2ccc(N3C[C@H](CNC=O)OC3=O)cc2)CC1. The number of hydrogen-bond donors (Lipinski definition) is 1. The highest BCUT2D eigenvalue weighted by molar-refractivity contribution is 5.89. The lowest BCUT2D eigenvalue weighted by Gasteiger charge is -2.13. The Balaban J connectivity index is 1.71. The molecule has 21 heavy (non-hydrogen) atoms. The van der Waals surface area contributed by atoms with Gasteiger partial charge in [-0.15, -0.1) is 0 Å². The van der Waals surface area contributed by atoms with E-state index in [1.165, 1.54) is 0 Å². The summed E-state index contributed by atoms with van der Waals surface area (Å²) in [5, 5.41) is 2.51. The number of nitrogens with zero attached hydrogens (tertiary/aromatic N) is 2. The van der Waals surface area contributed by atoms with Crippen LogP contribution in [0.2, 0.25) is 0 Å². The predicted octanol–water partition coefficient (Wildman–Crippen LogP) is 1.67. The van der Waals surface area contributed by atoms with Gasteiger partial charge in [0.25, 0.3) is 5.54 Å². The van der Waals surface area contributed by atoms with Gasteiger partial charge in [0.1, 0.15) is 6.10 Å². The minimum atomic E-state index is -0.410. The summed E-state index contributed by atoms with van der Waals surface area (Å²) in [7, 11) is 0. The molecule has 3 rings (SSSR count). The summed E-state index contributed by atoms with van der Waals surface area (Å²) < 4.78 is 5.18. The van der Waals surface area contributed by atoms with E-state index in [1.807, 2.05) is 24.3 Å². The van der Waals surface area contributed by atoms with Crippen LogP contribution in [0.3, 0.4) is 0 Å². The number of amides is 2. The molecule has 6 heteroatoms. The van der Waals surface area contributed by atoms with Gasteiger partial charge in [0.15, 0.2) is 0 Å². The number of anilines is 1. The van der Waals surface area contributed by atoms with Crippen molar-refractivity contribution in [1.82, 2.24) is 5.32 Å². The van der Waals surface area contributed by atoms with Gasteiger partial charge in [0.05, 0.1) is 13.1 Å². The van der Waals surface area contributed by atoms with Crippen LogP contribution in [0.25, 0.3) is 4.85 Å². The fraction of sp³-hybridized carbons (Fsp3) is 0.400. The van der Waals surface area contributed by atoms with E-state index in [-0.39, 0.29) is 11.6 Å². The third-order valence-corrected chi connectivity index (χ3v) is 3.96. The van der Waals surface area contributed by atoms with E-state index in [9.17, 15) is 9.59 Å². The average molecular weight is 285 g/mol. The standard InChI is InChI=1S/C15H15N3O3/c1-16-15(6-7-15)11-2-4-12(5-3-11)18-9-13(8-17-10-19)21-14(18)20/h2-5,10,13H,6-9H2,(H,17,19)/t13-/m0/s1. The molecule has 0 aromatic heterocycles. The lowest BCUT2D eigenvalue weighted by molar-refractivity contribution is -0.109. The van der Waals surface area contributed by atoms with E-state index >= 15 is 0 Å². The number of carbonyl (C=O) groups is 2. The second kappa shape index (κ2) is 5.09. The van der Waals surface area contributed by atoms with E-state index in [4.69, 9.17) is 11.3 Å². The molecule has 108 valence electrons. The number of cyclic esters (lactones) is 1. The maximum Gasteiger partial charge on any atom is 0.414 e. The molecule has 1 saturated carbocycles. The first-order valence-corrected chi connectivity index (χ1v) is 6.83. The summed E-state index contributed by atoms with van der Waals surface area (Å²) in [6.45, 7) is 7.97. The van der Waals surface area contributed by atoms with Gasteiger partial charge < -0.3 is 14.9 Å². The molecule has 0 bridgehead atoms. The van der Waals surface area contributed by atoms with Gasteiger partial charge in [0, 0.05) is 24.1 Å². The first-order valence-electron chi connectivity index (χ1n) is 6.83. The molecule has 0 spiro atoms. The molecule has 1 aromatic rings. The summed E-state index contributed by atoms with van der Waals surface area (Å²) in [4.78, 5) is 27.3. The smallest absolute Gasteiger partial charge is 0.414 e. The van der Waals surface area contributed by atoms with E-state index in [1.54, 1.807) is 4.90 Å². The molecule has 1 N–H and O–H groups in total. The monoisotopic (exact) mass is 285 g/mol. The highest BCUT2D eigenvalue weighted by Crippen LogP contribution is 2.49. The summed E-state index contributed by atoms with van der Waals surface area (Å²) in [6.07, 6.45) is 1.65. The van der Waals surface area contributed by atoms with Crippen LogP contribution in [-0.2, 0) is 15.1 Å². The highest BCUT2D eigenvalue weighted by atomic mass is 16.6. The van der Waals surface area contributed by atoms with Crippen LogP contribution in [0.4, 0.5) is 10.5 Å². The summed E-state index contributed by atoms with van der Waals surface area (Å²) in [5.41, 5.74) is 1.42. The van der Waals surface area contributed by atoms with Crippen LogP contribution in [0.1, 0.15) is 18.4 Å². The van der Waals surface area contributed by atoms with Gasteiger partial charge in [-0.05, 0) is 24.3 Å². The first kappa shape index (κ1) is 13.4. The van der Waals surface area contributed by atoms with Gasteiger partial charge >= 0.3 is 6.09 Å². The van der Waals surface area contributed by atoms with Crippen molar-refractivity contribution in [3.8, 4) is 0 Å². The third kappa shape index (κ3) is 2.42. The van der Waals surface area contributed by atoms with Crippen LogP contribution >= 0.6 is 0 Å². The summed E-state index contributed by atoms with van der Waals surface area (Å²) >= 11 is 0. The van der Waals surface area contributed by atoms with Crippen molar-refractivity contribution in [3.63, 3.8) is 0 Å². The van der Waals surface area contributed by atoms with Crippen molar-refractivity contribution in [2.75, 3.05) is 18.0 Å². The van der Waals surface area contributed by atoms with Crippen LogP contribution in [-0.4, -0.2) is 31.7 Å². The molecule has 2 amide bonds. The predicted molar refractivity (Wildman–Crippen MR) is 75.6 cm³/mol. The normalized spacial score (nSPS) is 22.3. The number of benzene rings is 1. The Morgan fingerprint density at radius 2 is 2.14 bits per heavy atom. The fourth-order valence-electron chi connectivity index (χ4n) is 2.55. The van der Waals surface area contributed by atoms with Gasteiger partial charge in [-0.1, -0.05) is 0 Å². The zero-order valence-corrected chi connectivity index (χ0v) is 11.4. The molecule has 1 aromatic carbocycles. The lowest BCUT2D eigenvalue weighted by Crippen LogP contribution is -2.30. The van der Waals surface area contributed by atoms with E-state index in [0.717, 1.165) is 24.1 Å². The van der Waals surface area contributed by atoms with Crippen molar-refractivity contribution in [2.45, 2.75) is 24.5 Å². The summed E-state index contributed by atoms with van der Waals surface area (Å²) in [6, 6.07) is 7.50. The van der Waals surface area contributed by atoms with Crippen molar-refractivity contribution >= 4 is 18.2 Å². The van der Waals surface area contributed by atoms with Gasteiger partial charge in [-0.25, -0.2) is 11.4 Å². The number of hydrogen-bond acceptors (Lipinski definition) is 3. The largest absolute Gasteiger partial charge is 0.442 e. The molecular weight excluding hydrogens is 270 g/mol. The molecule has 1 aliphatic carbocycles. The quantitative estimate of drug-likeness (QED) is 0.661. The highest BCUT2D eigenvalue weighted by Gasteiger charge is 2.52. The second-order valence-corrected chi connectivity index (χ2v) is 5.33. The van der Waals surface area contributed by atoms with Crippen molar-refractivity contribution in [1.29, 1.82) is 0 Å². The van der Waals surface area contributed by atoms with E-state index in [2.05, 4.69) is 10.2 Å². The number of ether oxygens (including phenoxy) is 1. The topological polar surface area (TPSA) is 63.0 Å². The van der Waals surface area contributed by atoms with Crippen LogP contribution in [0.15, 0.2) is 24.3 Å². The van der Waals surface area contributed by atoms with Crippen molar-refractivity contribution < 1.29 is 14.3 Å². The minimum absolute atomic E-state index is 0.310. The molecule has 0 unspecified atom stereocenters. The molecule has 1 saturated heterocycles. The Morgan fingerprint density at radius 3 is 2.71 bits per heavy atom. The van der Waals surface area contributed by atoms with Gasteiger partial charge in [-0.2, -0.15) is 0 Å².